The highest BCUT2D eigenvalue weighted by Gasteiger charge is 2.08. The number of hydrogen-bond acceptors (Lipinski definition) is 2. The van der Waals surface area contributed by atoms with Crippen LogP contribution in [0.5, 0.6) is 0 Å². The van der Waals surface area contributed by atoms with E-state index >= 15 is 0 Å². The van der Waals surface area contributed by atoms with Gasteiger partial charge in [-0.2, -0.15) is 0 Å². The van der Waals surface area contributed by atoms with Gasteiger partial charge in [0.1, 0.15) is 0 Å². The summed E-state index contributed by atoms with van der Waals surface area (Å²) in [5, 5.41) is 1.62. The molecule has 2 nitrogen and oxygen atoms in total. The van der Waals surface area contributed by atoms with Gasteiger partial charge >= 0.3 is 0 Å². The lowest BCUT2D eigenvalue weighted by Crippen LogP contribution is -2.00. The number of aryl methyl sites for hydroxylation is 1. The van der Waals surface area contributed by atoms with Gasteiger partial charge in [-0.15, -0.1) is 0 Å². The number of anilines is 1. The van der Waals surface area contributed by atoms with Gasteiger partial charge in [-0.3, -0.25) is 4.98 Å². The first-order valence-corrected chi connectivity index (χ1v) is 6.20. The van der Waals surface area contributed by atoms with E-state index in [1.165, 1.54) is 0 Å². The van der Waals surface area contributed by atoms with Crippen molar-refractivity contribution in [2.24, 2.45) is 5.92 Å². The van der Waals surface area contributed by atoms with Crippen molar-refractivity contribution in [2.75, 3.05) is 5.73 Å². The lowest BCUT2D eigenvalue weighted by Gasteiger charge is -2.10. The van der Waals surface area contributed by atoms with E-state index in [-0.39, 0.29) is 0 Å². The fourth-order valence-electron chi connectivity index (χ4n) is 2.02. The Labute approximate surface area is 107 Å². The number of rotatable bonds is 2. The highest BCUT2D eigenvalue weighted by Crippen LogP contribution is 2.28. The molecule has 1 aromatic heterocycles. The molecule has 0 aliphatic carbocycles. The first-order valence-electron chi connectivity index (χ1n) is 5.82. The summed E-state index contributed by atoms with van der Waals surface area (Å²) >= 11 is 6.22. The number of nitrogen functional groups attached to an aromatic ring is 1. The monoisotopic (exact) mass is 248 g/mol. The first-order chi connectivity index (χ1) is 7.97. The van der Waals surface area contributed by atoms with E-state index in [1.807, 2.05) is 25.1 Å². The molecule has 17 heavy (non-hydrogen) atoms. The standard InChI is InChI=1S/C14H17ClN2/c1-8(2)4-10-7-13(16)11-5-9(3)6-12(15)14(11)17-10/h5-8H,4H2,1-3H3,(H2,16,17). The molecule has 0 spiro atoms. The molecule has 0 fully saturated rings. The summed E-state index contributed by atoms with van der Waals surface area (Å²) in [6.45, 7) is 6.34. The Morgan fingerprint density at radius 3 is 2.65 bits per heavy atom. The summed E-state index contributed by atoms with van der Waals surface area (Å²) in [5.74, 6) is 0.559. The maximum atomic E-state index is 6.22. The Kier molecular flexibility index (Phi) is 3.25. The van der Waals surface area contributed by atoms with Crippen LogP contribution < -0.4 is 5.73 Å². The lowest BCUT2D eigenvalue weighted by atomic mass is 10.0. The van der Waals surface area contributed by atoms with E-state index in [1.54, 1.807) is 0 Å². The van der Waals surface area contributed by atoms with Crippen LogP contribution in [0.4, 0.5) is 5.69 Å². The molecular weight excluding hydrogens is 232 g/mol. The summed E-state index contributed by atoms with van der Waals surface area (Å²) in [4.78, 5) is 4.60. The van der Waals surface area contributed by atoms with Gasteiger partial charge < -0.3 is 5.73 Å². The average molecular weight is 249 g/mol. The van der Waals surface area contributed by atoms with Gasteiger partial charge in [0, 0.05) is 16.8 Å². The largest absolute Gasteiger partial charge is 0.398 e. The van der Waals surface area contributed by atoms with Crippen LogP contribution in [0.2, 0.25) is 5.02 Å². The van der Waals surface area contributed by atoms with Crippen molar-refractivity contribution in [3.05, 3.63) is 34.5 Å². The molecule has 0 radical (unpaired) electrons. The third-order valence-electron chi connectivity index (χ3n) is 2.71. The Hall–Kier alpha value is -1.28. The minimum atomic E-state index is 0.559. The van der Waals surface area contributed by atoms with E-state index in [0.29, 0.717) is 10.9 Å². The molecule has 2 N–H and O–H groups in total. The van der Waals surface area contributed by atoms with E-state index < -0.39 is 0 Å². The molecule has 0 aliphatic rings. The molecule has 0 bridgehead atoms. The quantitative estimate of drug-likeness (QED) is 0.873. The first kappa shape index (κ1) is 12.2. The molecule has 90 valence electrons. The normalized spacial score (nSPS) is 11.4. The molecule has 0 amide bonds. The van der Waals surface area contributed by atoms with Gasteiger partial charge in [-0.1, -0.05) is 25.4 Å². The number of fused-ring (bicyclic) bond motifs is 1. The van der Waals surface area contributed by atoms with Crippen LogP contribution in [-0.4, -0.2) is 4.98 Å². The second-order valence-corrected chi connectivity index (χ2v) is 5.35. The molecule has 0 saturated carbocycles. The summed E-state index contributed by atoms with van der Waals surface area (Å²) in [7, 11) is 0. The van der Waals surface area contributed by atoms with Crippen LogP contribution in [-0.2, 0) is 6.42 Å². The van der Waals surface area contributed by atoms with Crippen molar-refractivity contribution < 1.29 is 0 Å². The van der Waals surface area contributed by atoms with Crippen LogP contribution in [0.3, 0.4) is 0 Å². The molecule has 3 heteroatoms. The van der Waals surface area contributed by atoms with Gasteiger partial charge in [0.2, 0.25) is 0 Å². The van der Waals surface area contributed by atoms with E-state index in [9.17, 15) is 0 Å². The second-order valence-electron chi connectivity index (χ2n) is 4.94. The van der Waals surface area contributed by atoms with Crippen molar-refractivity contribution in [1.29, 1.82) is 0 Å². The SMILES string of the molecule is Cc1cc(Cl)c2nc(CC(C)C)cc(N)c2c1. The van der Waals surface area contributed by atoms with Crippen molar-refractivity contribution >= 4 is 28.2 Å². The molecule has 0 aliphatic heterocycles. The Balaban J connectivity index is 2.64. The number of pyridine rings is 1. The number of nitrogens with zero attached hydrogens (tertiary/aromatic N) is 1. The van der Waals surface area contributed by atoms with Crippen molar-refractivity contribution in [1.82, 2.24) is 4.98 Å². The predicted octanol–water partition coefficient (Wildman–Crippen LogP) is 3.98. The fourth-order valence-corrected chi connectivity index (χ4v) is 2.34. The van der Waals surface area contributed by atoms with Crippen LogP contribution in [0.15, 0.2) is 18.2 Å². The third kappa shape index (κ3) is 2.52. The number of hydrogen-bond donors (Lipinski definition) is 1. The molecule has 0 saturated heterocycles. The maximum absolute atomic E-state index is 6.22. The minimum absolute atomic E-state index is 0.559. The van der Waals surface area contributed by atoms with E-state index in [2.05, 4.69) is 18.8 Å². The number of benzene rings is 1. The molecule has 1 heterocycles. The average Bonchev–Trinajstić information content (AvgIpc) is 2.19. The van der Waals surface area contributed by atoms with Gasteiger partial charge in [-0.25, -0.2) is 0 Å². The molecular formula is C14H17ClN2. The van der Waals surface area contributed by atoms with Crippen molar-refractivity contribution in [3.8, 4) is 0 Å². The Morgan fingerprint density at radius 1 is 1.29 bits per heavy atom. The van der Waals surface area contributed by atoms with Crippen molar-refractivity contribution in [2.45, 2.75) is 27.2 Å². The summed E-state index contributed by atoms with van der Waals surface area (Å²) < 4.78 is 0. The predicted molar refractivity (Wildman–Crippen MR) is 74.4 cm³/mol. The zero-order valence-electron chi connectivity index (χ0n) is 10.4. The molecule has 0 atom stereocenters. The minimum Gasteiger partial charge on any atom is -0.398 e. The van der Waals surface area contributed by atoms with Gasteiger partial charge in [0.15, 0.2) is 0 Å². The molecule has 0 unspecified atom stereocenters. The summed E-state index contributed by atoms with van der Waals surface area (Å²) in [6, 6.07) is 5.91. The summed E-state index contributed by atoms with van der Waals surface area (Å²) in [5.41, 5.74) is 9.76. The zero-order chi connectivity index (χ0) is 12.6. The highest BCUT2D eigenvalue weighted by molar-refractivity contribution is 6.35. The maximum Gasteiger partial charge on any atom is 0.0912 e. The van der Waals surface area contributed by atoms with Gasteiger partial charge in [0.25, 0.3) is 0 Å². The summed E-state index contributed by atoms with van der Waals surface area (Å²) in [6.07, 6.45) is 0.921. The molecule has 2 aromatic rings. The highest BCUT2D eigenvalue weighted by atomic mass is 35.5. The lowest BCUT2D eigenvalue weighted by molar-refractivity contribution is 0.637. The zero-order valence-corrected chi connectivity index (χ0v) is 11.2. The third-order valence-corrected chi connectivity index (χ3v) is 3.00. The Bertz CT molecular complexity index is 562. The molecule has 2 rings (SSSR count). The fraction of sp³-hybridized carbons (Fsp3) is 0.357. The van der Waals surface area contributed by atoms with Crippen LogP contribution in [0, 0.1) is 12.8 Å². The molecule has 1 aromatic carbocycles. The van der Waals surface area contributed by atoms with Crippen LogP contribution >= 0.6 is 11.6 Å². The Morgan fingerprint density at radius 2 is 2.00 bits per heavy atom. The van der Waals surface area contributed by atoms with Gasteiger partial charge in [-0.05, 0) is 43.0 Å². The number of aromatic nitrogens is 1. The smallest absolute Gasteiger partial charge is 0.0912 e. The topological polar surface area (TPSA) is 38.9 Å². The van der Waals surface area contributed by atoms with E-state index in [0.717, 1.165) is 34.3 Å². The number of halogens is 1. The van der Waals surface area contributed by atoms with Crippen LogP contribution in [0.25, 0.3) is 10.9 Å². The number of nitrogens with two attached hydrogens (primary N) is 1. The van der Waals surface area contributed by atoms with Gasteiger partial charge in [0.05, 0.1) is 10.5 Å². The second kappa shape index (κ2) is 4.53. The van der Waals surface area contributed by atoms with Crippen LogP contribution in [0.1, 0.15) is 25.1 Å². The van der Waals surface area contributed by atoms with E-state index in [4.69, 9.17) is 17.3 Å². The van der Waals surface area contributed by atoms with Crippen molar-refractivity contribution in [3.63, 3.8) is 0 Å².